The van der Waals surface area contributed by atoms with Crippen LogP contribution in [0, 0.1) is 0 Å². The van der Waals surface area contributed by atoms with E-state index in [2.05, 4.69) is 0 Å². The minimum Gasteiger partial charge on any atom is -0.244 e. The third-order valence-electron chi connectivity index (χ3n) is 1.47. The molecule has 0 nitrogen and oxygen atoms in total. The summed E-state index contributed by atoms with van der Waals surface area (Å²) in [6, 6.07) is 9.69. The smallest absolute Gasteiger partial charge is 0.109 e. The molecule has 0 aliphatic heterocycles. The molecule has 0 N–H and O–H groups in total. The van der Waals surface area contributed by atoms with Crippen molar-refractivity contribution in [1.82, 2.24) is 0 Å². The van der Waals surface area contributed by atoms with Gasteiger partial charge in [-0.3, -0.25) is 0 Å². The van der Waals surface area contributed by atoms with Gasteiger partial charge >= 0.3 is 0 Å². The van der Waals surface area contributed by atoms with Gasteiger partial charge in [-0.25, -0.2) is 4.39 Å². The Hall–Kier alpha value is -0.850. The lowest BCUT2D eigenvalue weighted by atomic mass is 10.0. The molecule has 1 rings (SSSR count). The Morgan fingerprint density at radius 2 is 1.73 bits per heavy atom. The van der Waals surface area contributed by atoms with E-state index < -0.39 is 5.67 Å². The Morgan fingerprint density at radius 1 is 1.18 bits per heavy atom. The first-order valence-corrected chi connectivity index (χ1v) is 3.81. The summed E-state index contributed by atoms with van der Waals surface area (Å²) in [6.07, 6.45) is 0.494. The molecule has 0 bridgehead atoms. The quantitative estimate of drug-likeness (QED) is 0.611. The van der Waals surface area contributed by atoms with Gasteiger partial charge in [-0.05, 0) is 19.4 Å². The molecule has 0 aliphatic rings. The summed E-state index contributed by atoms with van der Waals surface area (Å²) in [6.45, 7) is 3.19. The standard InChI is InChI=1S/C10H13F/c1-10(2,11)8-9-6-4-3-5-7-9/h3-7H,8H2,1-2H3. The van der Waals surface area contributed by atoms with Crippen molar-refractivity contribution in [3.8, 4) is 0 Å². The number of halogens is 1. The molecule has 0 heterocycles. The normalized spacial score (nSPS) is 11.5. The zero-order valence-electron chi connectivity index (χ0n) is 6.97. The first kappa shape index (κ1) is 8.25. The van der Waals surface area contributed by atoms with Gasteiger partial charge in [0, 0.05) is 6.42 Å². The third kappa shape index (κ3) is 3.17. The monoisotopic (exact) mass is 152 g/mol. The second-order valence-electron chi connectivity index (χ2n) is 3.38. The third-order valence-corrected chi connectivity index (χ3v) is 1.47. The van der Waals surface area contributed by atoms with Gasteiger partial charge in [0.05, 0.1) is 0 Å². The summed E-state index contributed by atoms with van der Waals surface area (Å²) in [5.41, 5.74) is -0.0403. The molecule has 0 saturated carbocycles. The van der Waals surface area contributed by atoms with Crippen LogP contribution in [-0.2, 0) is 6.42 Å². The lowest BCUT2D eigenvalue weighted by Gasteiger charge is -2.13. The molecule has 60 valence electrons. The van der Waals surface area contributed by atoms with Crippen molar-refractivity contribution in [2.75, 3.05) is 0 Å². The second-order valence-corrected chi connectivity index (χ2v) is 3.38. The summed E-state index contributed by atoms with van der Waals surface area (Å²) in [4.78, 5) is 0. The second kappa shape index (κ2) is 3.04. The van der Waals surface area contributed by atoms with Crippen LogP contribution in [0.3, 0.4) is 0 Å². The first-order chi connectivity index (χ1) is 5.08. The van der Waals surface area contributed by atoms with Crippen molar-refractivity contribution in [2.24, 2.45) is 0 Å². The fourth-order valence-electron chi connectivity index (χ4n) is 1.08. The van der Waals surface area contributed by atoms with Crippen LogP contribution in [0.5, 0.6) is 0 Å². The molecular formula is C10H13F. The molecule has 11 heavy (non-hydrogen) atoms. The van der Waals surface area contributed by atoms with Gasteiger partial charge < -0.3 is 0 Å². The van der Waals surface area contributed by atoms with E-state index in [1.165, 1.54) is 0 Å². The predicted octanol–water partition coefficient (Wildman–Crippen LogP) is 2.98. The number of hydrogen-bond donors (Lipinski definition) is 0. The van der Waals surface area contributed by atoms with Gasteiger partial charge in [-0.15, -0.1) is 0 Å². The van der Waals surface area contributed by atoms with E-state index in [-0.39, 0.29) is 0 Å². The summed E-state index contributed by atoms with van der Waals surface area (Å²) in [5.74, 6) is 0. The molecule has 1 aromatic rings. The van der Waals surface area contributed by atoms with Crippen molar-refractivity contribution in [1.29, 1.82) is 0 Å². The fraction of sp³-hybridized carbons (Fsp3) is 0.400. The van der Waals surface area contributed by atoms with Crippen LogP contribution < -0.4 is 0 Å². The minimum atomic E-state index is -1.10. The van der Waals surface area contributed by atoms with E-state index in [0.29, 0.717) is 6.42 Å². The van der Waals surface area contributed by atoms with Crippen molar-refractivity contribution in [2.45, 2.75) is 25.9 Å². The molecule has 0 aliphatic carbocycles. The topological polar surface area (TPSA) is 0 Å². The number of rotatable bonds is 2. The highest BCUT2D eigenvalue weighted by molar-refractivity contribution is 5.16. The van der Waals surface area contributed by atoms with Crippen LogP contribution in [0.15, 0.2) is 30.3 Å². The predicted molar refractivity (Wildman–Crippen MR) is 45.3 cm³/mol. The van der Waals surface area contributed by atoms with E-state index in [4.69, 9.17) is 0 Å². The van der Waals surface area contributed by atoms with Crippen molar-refractivity contribution < 1.29 is 4.39 Å². The first-order valence-electron chi connectivity index (χ1n) is 3.81. The van der Waals surface area contributed by atoms with Crippen LogP contribution in [0.25, 0.3) is 0 Å². The zero-order valence-corrected chi connectivity index (χ0v) is 6.97. The lowest BCUT2D eigenvalue weighted by Crippen LogP contribution is -2.15. The van der Waals surface area contributed by atoms with Gasteiger partial charge in [-0.2, -0.15) is 0 Å². The molecule has 0 saturated heterocycles. The summed E-state index contributed by atoms with van der Waals surface area (Å²) in [7, 11) is 0. The van der Waals surface area contributed by atoms with Crippen LogP contribution in [-0.4, -0.2) is 5.67 Å². The summed E-state index contributed by atoms with van der Waals surface area (Å²) >= 11 is 0. The Morgan fingerprint density at radius 3 is 2.18 bits per heavy atom. The van der Waals surface area contributed by atoms with Crippen molar-refractivity contribution >= 4 is 0 Å². The molecule has 0 unspecified atom stereocenters. The van der Waals surface area contributed by atoms with Crippen LogP contribution in [0.4, 0.5) is 4.39 Å². The highest BCUT2D eigenvalue weighted by atomic mass is 19.1. The highest BCUT2D eigenvalue weighted by Crippen LogP contribution is 2.15. The molecule has 1 heteroatoms. The molecule has 0 amide bonds. The van der Waals surface area contributed by atoms with Crippen molar-refractivity contribution in [3.63, 3.8) is 0 Å². The Bertz CT molecular complexity index is 208. The molecule has 0 atom stereocenters. The molecule has 0 aromatic heterocycles. The molecule has 0 spiro atoms. The van der Waals surface area contributed by atoms with E-state index in [1.807, 2.05) is 30.3 Å². The Labute approximate surface area is 67.1 Å². The SMILES string of the molecule is CC(C)(F)Cc1ccccc1. The lowest BCUT2D eigenvalue weighted by molar-refractivity contribution is 0.217. The maximum atomic E-state index is 13.1. The molecule has 0 radical (unpaired) electrons. The Balaban J connectivity index is 2.66. The average molecular weight is 152 g/mol. The maximum absolute atomic E-state index is 13.1. The van der Waals surface area contributed by atoms with Gasteiger partial charge in [0.2, 0.25) is 0 Å². The minimum absolute atomic E-state index is 0.494. The molecule has 1 aromatic carbocycles. The Kier molecular flexibility index (Phi) is 2.28. The summed E-state index contributed by atoms with van der Waals surface area (Å²) in [5, 5.41) is 0. The fourth-order valence-corrected chi connectivity index (χ4v) is 1.08. The van der Waals surface area contributed by atoms with E-state index in [1.54, 1.807) is 13.8 Å². The number of hydrogen-bond acceptors (Lipinski definition) is 0. The van der Waals surface area contributed by atoms with Gasteiger partial charge in [0.25, 0.3) is 0 Å². The summed E-state index contributed by atoms with van der Waals surface area (Å²) < 4.78 is 13.1. The zero-order chi connectivity index (χ0) is 8.32. The largest absolute Gasteiger partial charge is 0.244 e. The molecular weight excluding hydrogens is 139 g/mol. The van der Waals surface area contributed by atoms with E-state index >= 15 is 0 Å². The van der Waals surface area contributed by atoms with Crippen LogP contribution >= 0.6 is 0 Å². The van der Waals surface area contributed by atoms with Gasteiger partial charge in [-0.1, -0.05) is 30.3 Å². The highest BCUT2D eigenvalue weighted by Gasteiger charge is 2.15. The van der Waals surface area contributed by atoms with E-state index in [0.717, 1.165) is 5.56 Å². The van der Waals surface area contributed by atoms with Gasteiger partial charge in [0.15, 0.2) is 0 Å². The average Bonchev–Trinajstić information content (AvgIpc) is 1.85. The van der Waals surface area contributed by atoms with Gasteiger partial charge in [0.1, 0.15) is 5.67 Å². The van der Waals surface area contributed by atoms with Crippen LogP contribution in [0.1, 0.15) is 19.4 Å². The van der Waals surface area contributed by atoms with E-state index in [9.17, 15) is 4.39 Å². The molecule has 0 fully saturated rings. The number of benzene rings is 1. The van der Waals surface area contributed by atoms with Crippen LogP contribution in [0.2, 0.25) is 0 Å². The van der Waals surface area contributed by atoms with Crippen molar-refractivity contribution in [3.05, 3.63) is 35.9 Å². The number of alkyl halides is 1. The maximum Gasteiger partial charge on any atom is 0.109 e.